The normalized spacial score (nSPS) is 19.4. The van der Waals surface area contributed by atoms with Gasteiger partial charge in [0.1, 0.15) is 5.82 Å². The number of aryl methyl sites for hydroxylation is 1. The smallest absolute Gasteiger partial charge is 0.256 e. The van der Waals surface area contributed by atoms with Crippen LogP contribution in [0.5, 0.6) is 0 Å². The highest BCUT2D eigenvalue weighted by Crippen LogP contribution is 2.45. The molecule has 0 aliphatic carbocycles. The lowest BCUT2D eigenvalue weighted by atomic mass is 9.81. The topological polar surface area (TPSA) is 54.3 Å². The molecule has 3 aromatic rings. The SMILES string of the molecule is CN(C)c1ccc(C(=O)N2[C@@H]3CCC[C@H]2c2nn(C)c(-c4cc(F)c(F)c(F)c4)c2C3)cn1. The van der Waals surface area contributed by atoms with Gasteiger partial charge >= 0.3 is 0 Å². The molecule has 4 heterocycles. The van der Waals surface area contributed by atoms with Crippen LogP contribution in [0.3, 0.4) is 0 Å². The third kappa shape index (κ3) is 3.46. The number of rotatable bonds is 3. The van der Waals surface area contributed by atoms with Crippen LogP contribution in [0.1, 0.15) is 46.9 Å². The number of carbonyl (C=O) groups is 1. The van der Waals surface area contributed by atoms with Crippen molar-refractivity contribution in [3.63, 3.8) is 0 Å². The van der Waals surface area contributed by atoms with Crippen molar-refractivity contribution < 1.29 is 18.0 Å². The van der Waals surface area contributed by atoms with Gasteiger partial charge in [0, 0.05) is 44.5 Å². The second kappa shape index (κ2) is 7.90. The van der Waals surface area contributed by atoms with Crippen LogP contribution in [0.15, 0.2) is 30.5 Å². The molecule has 9 heteroatoms. The summed E-state index contributed by atoms with van der Waals surface area (Å²) in [4.78, 5) is 21.6. The minimum atomic E-state index is -1.49. The molecule has 172 valence electrons. The van der Waals surface area contributed by atoms with E-state index in [1.165, 1.54) is 0 Å². The molecular formula is C24H24F3N5O. The van der Waals surface area contributed by atoms with E-state index in [4.69, 9.17) is 0 Å². The summed E-state index contributed by atoms with van der Waals surface area (Å²) < 4.78 is 43.0. The van der Waals surface area contributed by atoms with Gasteiger partial charge in [0.2, 0.25) is 0 Å². The van der Waals surface area contributed by atoms with Crippen LogP contribution >= 0.6 is 0 Å². The number of anilines is 1. The van der Waals surface area contributed by atoms with E-state index in [9.17, 15) is 18.0 Å². The van der Waals surface area contributed by atoms with Crippen molar-refractivity contribution in [1.82, 2.24) is 19.7 Å². The van der Waals surface area contributed by atoms with Crippen molar-refractivity contribution in [2.24, 2.45) is 7.05 Å². The molecule has 1 aromatic carbocycles. The number of piperidine rings is 1. The van der Waals surface area contributed by atoms with E-state index in [2.05, 4.69) is 10.1 Å². The maximum Gasteiger partial charge on any atom is 0.256 e. The van der Waals surface area contributed by atoms with Crippen LogP contribution in [0.25, 0.3) is 11.3 Å². The van der Waals surface area contributed by atoms with Gasteiger partial charge in [0.05, 0.1) is 23.0 Å². The summed E-state index contributed by atoms with van der Waals surface area (Å²) in [5.74, 6) is -3.29. The number of benzene rings is 1. The molecule has 1 saturated heterocycles. The summed E-state index contributed by atoms with van der Waals surface area (Å²) >= 11 is 0. The highest BCUT2D eigenvalue weighted by atomic mass is 19.2. The Morgan fingerprint density at radius 1 is 1.12 bits per heavy atom. The standard InChI is InChI=1S/C24H24F3N5O/c1-30(2)20-8-7-13(12-28-20)24(33)32-15-5-4-6-19(32)22-16(11-15)23(31(3)29-22)14-9-17(25)21(27)18(26)10-14/h7-10,12,15,19H,4-6,11H2,1-3H3/t15-,19+/m1/s1. The minimum Gasteiger partial charge on any atom is -0.363 e. The monoisotopic (exact) mass is 455 g/mol. The largest absolute Gasteiger partial charge is 0.363 e. The number of nitrogens with zero attached hydrogens (tertiary/aromatic N) is 5. The highest BCUT2D eigenvalue weighted by Gasteiger charge is 2.43. The molecule has 5 rings (SSSR count). The number of fused-ring (bicyclic) bond motifs is 4. The second-order valence-electron chi connectivity index (χ2n) is 8.91. The van der Waals surface area contributed by atoms with Crippen LogP contribution < -0.4 is 4.90 Å². The average molecular weight is 455 g/mol. The highest BCUT2D eigenvalue weighted by molar-refractivity contribution is 5.95. The fourth-order valence-corrected chi connectivity index (χ4v) is 5.13. The van der Waals surface area contributed by atoms with Crippen LogP contribution in [-0.2, 0) is 13.5 Å². The van der Waals surface area contributed by atoms with E-state index in [1.54, 1.807) is 24.0 Å². The lowest BCUT2D eigenvalue weighted by Crippen LogP contribution is -2.49. The van der Waals surface area contributed by atoms with Crippen LogP contribution in [0, 0.1) is 17.5 Å². The van der Waals surface area contributed by atoms with Gasteiger partial charge in [0.15, 0.2) is 17.5 Å². The zero-order valence-electron chi connectivity index (χ0n) is 18.6. The Balaban J connectivity index is 1.54. The molecule has 2 atom stereocenters. The van der Waals surface area contributed by atoms with Gasteiger partial charge in [0.25, 0.3) is 5.91 Å². The molecule has 2 aliphatic rings. The predicted octanol–water partition coefficient (Wildman–Crippen LogP) is 4.26. The molecule has 2 bridgehead atoms. The van der Waals surface area contributed by atoms with Crippen molar-refractivity contribution in [2.75, 3.05) is 19.0 Å². The minimum absolute atomic E-state index is 0.0598. The molecule has 2 aromatic heterocycles. The van der Waals surface area contributed by atoms with Gasteiger partial charge in [-0.3, -0.25) is 9.48 Å². The number of carbonyl (C=O) groups excluding carboxylic acids is 1. The van der Waals surface area contributed by atoms with Crippen molar-refractivity contribution in [3.8, 4) is 11.3 Å². The lowest BCUT2D eigenvalue weighted by molar-refractivity contribution is 0.0391. The Kier molecular flexibility index (Phi) is 5.14. The summed E-state index contributed by atoms with van der Waals surface area (Å²) in [6, 6.07) is 5.31. The van der Waals surface area contributed by atoms with Crippen molar-refractivity contribution >= 4 is 11.7 Å². The predicted molar refractivity (Wildman–Crippen MR) is 117 cm³/mol. The number of pyridine rings is 1. The Morgan fingerprint density at radius 2 is 1.85 bits per heavy atom. The zero-order chi connectivity index (χ0) is 23.4. The molecule has 0 radical (unpaired) electrons. The van der Waals surface area contributed by atoms with Crippen LogP contribution in [-0.4, -0.2) is 45.7 Å². The van der Waals surface area contributed by atoms with Crippen molar-refractivity contribution in [1.29, 1.82) is 0 Å². The number of halogens is 3. The molecule has 1 amide bonds. The van der Waals surface area contributed by atoms with Crippen LogP contribution in [0.2, 0.25) is 0 Å². The first-order valence-corrected chi connectivity index (χ1v) is 10.9. The third-order valence-electron chi connectivity index (χ3n) is 6.62. The summed E-state index contributed by atoms with van der Waals surface area (Å²) in [6.07, 6.45) is 4.65. The molecule has 0 spiro atoms. The number of amides is 1. The number of aromatic nitrogens is 3. The first-order chi connectivity index (χ1) is 15.8. The van der Waals surface area contributed by atoms with Gasteiger partial charge in [-0.15, -0.1) is 0 Å². The summed E-state index contributed by atoms with van der Waals surface area (Å²) in [6.45, 7) is 0. The fourth-order valence-electron chi connectivity index (χ4n) is 5.13. The average Bonchev–Trinajstić information content (AvgIpc) is 3.12. The molecule has 1 fully saturated rings. The molecule has 2 aliphatic heterocycles. The summed E-state index contributed by atoms with van der Waals surface area (Å²) in [5, 5.41) is 4.66. The Bertz CT molecular complexity index is 1210. The zero-order valence-corrected chi connectivity index (χ0v) is 18.6. The quantitative estimate of drug-likeness (QED) is 0.554. The molecule has 0 saturated carbocycles. The third-order valence-corrected chi connectivity index (χ3v) is 6.62. The maximum absolute atomic E-state index is 14.0. The van der Waals surface area contributed by atoms with E-state index in [-0.39, 0.29) is 23.6 Å². The van der Waals surface area contributed by atoms with Crippen molar-refractivity contribution in [2.45, 2.75) is 37.8 Å². The Labute approximate surface area is 189 Å². The molecule has 33 heavy (non-hydrogen) atoms. The van der Waals surface area contributed by atoms with Crippen molar-refractivity contribution in [3.05, 3.63) is 64.7 Å². The molecule has 0 N–H and O–H groups in total. The molecular weight excluding hydrogens is 431 g/mol. The fraction of sp³-hybridized carbons (Fsp3) is 0.375. The summed E-state index contributed by atoms with van der Waals surface area (Å²) in [7, 11) is 5.47. The van der Waals surface area contributed by atoms with E-state index in [0.717, 1.165) is 48.5 Å². The number of hydrogen-bond acceptors (Lipinski definition) is 4. The van der Waals surface area contributed by atoms with Gasteiger partial charge in [-0.2, -0.15) is 5.10 Å². The summed E-state index contributed by atoms with van der Waals surface area (Å²) in [5.41, 5.74) is 2.91. The van der Waals surface area contributed by atoms with E-state index in [1.807, 2.05) is 30.0 Å². The van der Waals surface area contributed by atoms with Gasteiger partial charge in [-0.1, -0.05) is 0 Å². The first-order valence-electron chi connectivity index (χ1n) is 10.9. The molecule has 0 unspecified atom stereocenters. The first kappa shape index (κ1) is 21.5. The van der Waals surface area contributed by atoms with E-state index in [0.29, 0.717) is 17.7 Å². The van der Waals surface area contributed by atoms with Gasteiger partial charge in [-0.05, 0) is 49.9 Å². The second-order valence-corrected chi connectivity index (χ2v) is 8.91. The Hall–Kier alpha value is -3.36. The van der Waals surface area contributed by atoms with Crippen LogP contribution in [0.4, 0.5) is 19.0 Å². The number of hydrogen-bond donors (Lipinski definition) is 0. The Morgan fingerprint density at radius 3 is 2.48 bits per heavy atom. The van der Waals surface area contributed by atoms with E-state index < -0.39 is 17.5 Å². The van der Waals surface area contributed by atoms with Gasteiger partial charge in [-0.25, -0.2) is 18.2 Å². The van der Waals surface area contributed by atoms with E-state index >= 15 is 0 Å². The lowest BCUT2D eigenvalue weighted by Gasteiger charge is -2.45. The maximum atomic E-state index is 14.0. The van der Waals surface area contributed by atoms with Gasteiger partial charge < -0.3 is 9.80 Å². The molecule has 6 nitrogen and oxygen atoms in total.